The van der Waals surface area contributed by atoms with Gasteiger partial charge in [0, 0.05) is 19.5 Å². The molecule has 2 atom stereocenters. The van der Waals surface area contributed by atoms with Gasteiger partial charge in [-0.1, -0.05) is 20.3 Å². The second kappa shape index (κ2) is 8.54. The van der Waals surface area contributed by atoms with Gasteiger partial charge in [0.25, 0.3) is 0 Å². The summed E-state index contributed by atoms with van der Waals surface area (Å²) >= 11 is 0. The van der Waals surface area contributed by atoms with E-state index in [0.29, 0.717) is 6.42 Å². The maximum absolute atomic E-state index is 6.99. The molecule has 0 aromatic heterocycles. The molecule has 54 valence electrons. The fourth-order valence-electron chi connectivity index (χ4n) is 0.530. The molecule has 0 radical (unpaired) electrons. The Labute approximate surface area is 71.1 Å². The summed E-state index contributed by atoms with van der Waals surface area (Å²) in [6.45, 7) is 3.62. The van der Waals surface area contributed by atoms with Gasteiger partial charge in [0.2, 0.25) is 0 Å². The quantitative estimate of drug-likeness (QED) is 0.464. The molecule has 0 bridgehead atoms. The molecular weight excluding hydrogens is 165 g/mol. The number of hydrogen-bond donors (Lipinski definition) is 0. The molecule has 0 rings (SSSR count). The van der Waals surface area contributed by atoms with E-state index in [9.17, 15) is 0 Å². The summed E-state index contributed by atoms with van der Waals surface area (Å²) in [6, 6.07) is -0.125. The molecule has 0 aliphatic rings. The van der Waals surface area contributed by atoms with Crippen molar-refractivity contribution in [3.8, 4) is 0 Å². The summed E-state index contributed by atoms with van der Waals surface area (Å²) in [5, 5.41) is 0. The van der Waals surface area contributed by atoms with Gasteiger partial charge >= 0.3 is 0 Å². The molecule has 0 aliphatic heterocycles. The van der Waals surface area contributed by atoms with Crippen LogP contribution >= 0.6 is 0 Å². The minimum atomic E-state index is -0.0625. The first-order chi connectivity index (χ1) is 3.13. The predicted molar refractivity (Wildman–Crippen MR) is 38.6 cm³/mol. The second-order valence-electron chi connectivity index (χ2n) is 2.04. The van der Waals surface area contributed by atoms with Crippen LogP contribution < -0.4 is 0 Å². The number of nitrogens with one attached hydrogen (secondary N) is 2. The first-order valence-electron chi connectivity index (χ1n) is 2.55. The van der Waals surface area contributed by atoms with Gasteiger partial charge in [0.1, 0.15) is 0 Å². The number of hydrogen-bond acceptors (Lipinski definition) is 0. The van der Waals surface area contributed by atoms with Crippen molar-refractivity contribution in [2.75, 3.05) is 0 Å². The van der Waals surface area contributed by atoms with Crippen molar-refractivity contribution in [2.45, 2.75) is 32.4 Å². The third kappa shape index (κ3) is 17.7. The van der Waals surface area contributed by atoms with E-state index in [4.69, 9.17) is 11.5 Å². The summed E-state index contributed by atoms with van der Waals surface area (Å²) in [7, 11) is 0. The van der Waals surface area contributed by atoms with Gasteiger partial charge in [-0.3, -0.25) is 0 Å². The molecule has 0 heterocycles. The molecule has 0 saturated heterocycles. The van der Waals surface area contributed by atoms with Crippen molar-refractivity contribution >= 4 is 0 Å². The molecule has 3 heteroatoms. The van der Waals surface area contributed by atoms with Crippen molar-refractivity contribution in [1.29, 1.82) is 0 Å². The fourth-order valence-corrected chi connectivity index (χ4v) is 0.530. The van der Waals surface area contributed by atoms with Crippen LogP contribution in [0.1, 0.15) is 20.3 Å². The average molecular weight is 181 g/mol. The monoisotopic (exact) mass is 179 g/mol. The molecule has 2 unspecified atom stereocenters. The molecule has 0 fully saturated rings. The third-order valence-electron chi connectivity index (χ3n) is 0.707. The Bertz CT molecular complexity index is 40.3. The van der Waals surface area contributed by atoms with E-state index in [1.807, 2.05) is 13.8 Å². The zero-order valence-electron chi connectivity index (χ0n) is 6.57. The molecule has 9 heavy (non-hydrogen) atoms. The second-order valence-corrected chi connectivity index (χ2v) is 2.04. The van der Waals surface area contributed by atoms with E-state index in [1.54, 1.807) is 0 Å². The predicted octanol–water partition coefficient (Wildman–Crippen LogP) is 2.71. The Morgan fingerprint density at radius 3 is 1.33 bits per heavy atom. The molecule has 2 N–H and O–H groups in total. The first-order valence-corrected chi connectivity index (χ1v) is 2.55. The third-order valence-corrected chi connectivity index (χ3v) is 0.707. The van der Waals surface area contributed by atoms with Crippen LogP contribution in [0.25, 0.3) is 11.5 Å². The molecule has 0 saturated carbocycles. The summed E-state index contributed by atoms with van der Waals surface area (Å²) in [5.41, 5.74) is 14.0. The molecule has 0 aromatic carbocycles. The van der Waals surface area contributed by atoms with Crippen LogP contribution in [0.4, 0.5) is 0 Å². The minimum absolute atomic E-state index is 0. The summed E-state index contributed by atoms with van der Waals surface area (Å²) in [6.07, 6.45) is 0.694. The smallest absolute Gasteiger partial charge is 0 e. The minimum Gasteiger partial charge on any atom is -0.675 e. The van der Waals surface area contributed by atoms with E-state index in [-0.39, 0.29) is 39.0 Å². The summed E-state index contributed by atoms with van der Waals surface area (Å²) in [4.78, 5) is 0. The van der Waals surface area contributed by atoms with E-state index < -0.39 is 0 Å². The Morgan fingerprint density at radius 1 is 1.11 bits per heavy atom. The van der Waals surface area contributed by atoms with E-state index in [0.717, 1.165) is 0 Å². The van der Waals surface area contributed by atoms with Gasteiger partial charge in [-0.25, -0.2) is 0 Å². The Balaban J connectivity index is -0.000000180. The van der Waals surface area contributed by atoms with Gasteiger partial charge in [-0.2, -0.15) is 0 Å². The number of rotatable bonds is 2. The largest absolute Gasteiger partial charge is 0.675 e. The van der Waals surface area contributed by atoms with Crippen LogP contribution in [0.5, 0.6) is 0 Å². The van der Waals surface area contributed by atoms with E-state index in [2.05, 4.69) is 0 Å². The zero-order chi connectivity index (χ0) is 5.86. The van der Waals surface area contributed by atoms with Crippen molar-refractivity contribution in [2.24, 2.45) is 0 Å². The van der Waals surface area contributed by atoms with Gasteiger partial charge in [-0.05, 0) is 0 Å². The van der Waals surface area contributed by atoms with Crippen LogP contribution in [0.2, 0.25) is 0 Å². The molecule has 0 aliphatic carbocycles. The molecule has 0 amide bonds. The standard InChI is InChI=1S/C5H12N2.CH3.Zn/c1-4(6)3-5(2)7;;/h4-7H,3H2,1-2H3;1H3;/q-2;-1;. The molecule has 2 nitrogen and oxygen atoms in total. The van der Waals surface area contributed by atoms with Gasteiger partial charge in [0.15, 0.2) is 0 Å². The average Bonchev–Trinajstić information content (AvgIpc) is 1.27. The molecule has 0 aromatic rings. The SMILES string of the molecule is CC([NH-])CC(C)[NH-].[CH3-].[Zn]. The molecular formula is C6H15N2Zn-3. The van der Waals surface area contributed by atoms with Crippen molar-refractivity contribution in [1.82, 2.24) is 0 Å². The normalized spacial score (nSPS) is 14.7. The maximum atomic E-state index is 6.99. The van der Waals surface area contributed by atoms with Crippen molar-refractivity contribution in [3.05, 3.63) is 18.9 Å². The van der Waals surface area contributed by atoms with Crippen LogP contribution in [0.15, 0.2) is 0 Å². The van der Waals surface area contributed by atoms with Gasteiger partial charge < -0.3 is 18.9 Å². The first kappa shape index (κ1) is 16.3. The van der Waals surface area contributed by atoms with Crippen LogP contribution in [-0.2, 0) is 19.5 Å². The summed E-state index contributed by atoms with van der Waals surface area (Å²) in [5.74, 6) is 0. The maximum Gasteiger partial charge on any atom is 0 e. The van der Waals surface area contributed by atoms with Crippen LogP contribution in [-0.4, -0.2) is 12.1 Å². The Kier molecular flexibility index (Phi) is 15.4. The van der Waals surface area contributed by atoms with Crippen LogP contribution in [0.3, 0.4) is 0 Å². The van der Waals surface area contributed by atoms with E-state index >= 15 is 0 Å². The van der Waals surface area contributed by atoms with Gasteiger partial charge in [0.05, 0.1) is 0 Å². The topological polar surface area (TPSA) is 47.6 Å². The fraction of sp³-hybridized carbons (Fsp3) is 0.833. The molecule has 0 spiro atoms. The van der Waals surface area contributed by atoms with Crippen molar-refractivity contribution < 1.29 is 19.5 Å². The van der Waals surface area contributed by atoms with Crippen LogP contribution in [0, 0.1) is 7.43 Å². The van der Waals surface area contributed by atoms with E-state index in [1.165, 1.54) is 0 Å². The van der Waals surface area contributed by atoms with Crippen molar-refractivity contribution in [3.63, 3.8) is 0 Å². The van der Waals surface area contributed by atoms with Gasteiger partial charge in [-0.15, -0.1) is 12.1 Å². The Morgan fingerprint density at radius 2 is 1.33 bits per heavy atom. The Hall–Kier alpha value is 0.543. The summed E-state index contributed by atoms with van der Waals surface area (Å²) < 4.78 is 0. The zero-order valence-corrected chi connectivity index (χ0v) is 9.54.